The summed E-state index contributed by atoms with van der Waals surface area (Å²) >= 11 is 3.48. The van der Waals surface area contributed by atoms with Gasteiger partial charge in [-0.3, -0.25) is 9.59 Å². The largest absolute Gasteiger partial charge is 0.352 e. The smallest absolute Gasteiger partial charge is 0.243 e. The first-order valence-corrected chi connectivity index (χ1v) is 12.7. The van der Waals surface area contributed by atoms with Gasteiger partial charge in [-0.15, -0.1) is 0 Å². The first-order chi connectivity index (χ1) is 16.5. The van der Waals surface area contributed by atoms with Crippen LogP contribution < -0.4 is 5.32 Å². The van der Waals surface area contributed by atoms with Crippen molar-refractivity contribution >= 4 is 27.7 Å². The van der Waals surface area contributed by atoms with Crippen LogP contribution in [0, 0.1) is 0 Å². The number of hydrogen-bond donors (Lipinski definition) is 1. The average molecular weight is 521 g/mol. The summed E-state index contributed by atoms with van der Waals surface area (Å²) < 4.78 is 0.980. The van der Waals surface area contributed by atoms with Gasteiger partial charge in [-0.1, -0.05) is 95.7 Å². The molecule has 3 rings (SSSR count). The molecule has 0 bridgehead atoms. The molecule has 34 heavy (non-hydrogen) atoms. The van der Waals surface area contributed by atoms with E-state index in [0.29, 0.717) is 25.8 Å². The molecule has 2 atom stereocenters. The van der Waals surface area contributed by atoms with Crippen molar-refractivity contribution in [1.29, 1.82) is 0 Å². The van der Waals surface area contributed by atoms with Crippen molar-refractivity contribution < 1.29 is 9.59 Å². The Labute approximate surface area is 211 Å². The Morgan fingerprint density at radius 1 is 0.853 bits per heavy atom. The van der Waals surface area contributed by atoms with E-state index < -0.39 is 6.04 Å². The Bertz CT molecular complexity index is 1040. The molecule has 0 aliphatic rings. The van der Waals surface area contributed by atoms with Crippen LogP contribution in [0.1, 0.15) is 43.4 Å². The minimum atomic E-state index is -0.594. The number of amides is 2. The minimum Gasteiger partial charge on any atom is -0.352 e. The third kappa shape index (κ3) is 7.84. The van der Waals surface area contributed by atoms with Crippen LogP contribution in [0.4, 0.5) is 0 Å². The SMILES string of the molecule is CC[C@@H](C)NC(=O)[C@H](Cc1ccccc1)N(Cc1ccc(Br)cc1)C(=O)CCc1ccccc1. The van der Waals surface area contributed by atoms with E-state index in [1.807, 2.05) is 98.8 Å². The molecule has 0 saturated heterocycles. The van der Waals surface area contributed by atoms with Crippen molar-refractivity contribution in [3.05, 3.63) is 106 Å². The standard InChI is InChI=1S/C29H33BrN2O2/c1-3-22(2)31-29(34)27(20-24-12-8-5-9-13-24)32(21-25-14-17-26(30)18-15-25)28(33)19-16-23-10-6-4-7-11-23/h4-15,17-18,22,27H,3,16,19-21H2,1-2H3,(H,31,34)/t22-,27+/m1/s1. The highest BCUT2D eigenvalue weighted by molar-refractivity contribution is 9.10. The van der Waals surface area contributed by atoms with Gasteiger partial charge < -0.3 is 10.2 Å². The molecule has 0 spiro atoms. The predicted molar refractivity (Wildman–Crippen MR) is 141 cm³/mol. The van der Waals surface area contributed by atoms with E-state index in [2.05, 4.69) is 21.2 Å². The predicted octanol–water partition coefficient (Wildman–Crippen LogP) is 5.94. The third-order valence-electron chi connectivity index (χ3n) is 6.01. The Morgan fingerprint density at radius 2 is 1.44 bits per heavy atom. The lowest BCUT2D eigenvalue weighted by molar-refractivity contribution is -0.141. The van der Waals surface area contributed by atoms with Crippen LogP contribution in [0.2, 0.25) is 0 Å². The van der Waals surface area contributed by atoms with Gasteiger partial charge in [-0.2, -0.15) is 0 Å². The summed E-state index contributed by atoms with van der Waals surface area (Å²) in [4.78, 5) is 28.8. The molecule has 5 heteroatoms. The van der Waals surface area contributed by atoms with Crippen LogP contribution in [-0.4, -0.2) is 28.8 Å². The maximum Gasteiger partial charge on any atom is 0.243 e. The number of halogens is 1. The van der Waals surface area contributed by atoms with E-state index in [1.54, 1.807) is 4.90 Å². The summed E-state index contributed by atoms with van der Waals surface area (Å²) in [6.07, 6.45) is 2.29. The first-order valence-electron chi connectivity index (χ1n) is 11.9. The summed E-state index contributed by atoms with van der Waals surface area (Å²) in [5, 5.41) is 3.11. The molecule has 0 heterocycles. The molecule has 178 valence electrons. The monoisotopic (exact) mass is 520 g/mol. The van der Waals surface area contributed by atoms with Gasteiger partial charge in [0.05, 0.1) is 0 Å². The lowest BCUT2D eigenvalue weighted by Gasteiger charge is -2.32. The average Bonchev–Trinajstić information content (AvgIpc) is 2.87. The topological polar surface area (TPSA) is 49.4 Å². The summed E-state index contributed by atoms with van der Waals surface area (Å²) in [6.45, 7) is 4.42. The maximum absolute atomic E-state index is 13.6. The molecule has 0 saturated carbocycles. The normalized spacial score (nSPS) is 12.6. The van der Waals surface area contributed by atoms with Gasteiger partial charge in [-0.05, 0) is 48.6 Å². The van der Waals surface area contributed by atoms with Crippen LogP contribution in [0.15, 0.2) is 89.4 Å². The zero-order valence-corrected chi connectivity index (χ0v) is 21.5. The Kier molecular flexibility index (Phi) is 9.89. The van der Waals surface area contributed by atoms with Crippen LogP contribution in [-0.2, 0) is 29.0 Å². The molecule has 2 amide bonds. The number of hydrogen-bond acceptors (Lipinski definition) is 2. The van der Waals surface area contributed by atoms with Crippen molar-refractivity contribution in [2.24, 2.45) is 0 Å². The van der Waals surface area contributed by atoms with Crippen molar-refractivity contribution in [3.63, 3.8) is 0 Å². The van der Waals surface area contributed by atoms with Crippen LogP contribution >= 0.6 is 15.9 Å². The quantitative estimate of drug-likeness (QED) is 0.340. The van der Waals surface area contributed by atoms with Gasteiger partial charge in [0.15, 0.2) is 0 Å². The van der Waals surface area contributed by atoms with Crippen molar-refractivity contribution in [3.8, 4) is 0 Å². The highest BCUT2D eigenvalue weighted by Gasteiger charge is 2.30. The van der Waals surface area contributed by atoms with Gasteiger partial charge in [0, 0.05) is 29.9 Å². The number of rotatable bonds is 11. The van der Waals surface area contributed by atoms with E-state index in [1.165, 1.54) is 0 Å². The third-order valence-corrected chi connectivity index (χ3v) is 6.54. The molecule has 0 aliphatic carbocycles. The second kappa shape index (κ2) is 13.1. The first kappa shape index (κ1) is 25.7. The zero-order chi connectivity index (χ0) is 24.3. The van der Waals surface area contributed by atoms with Crippen LogP contribution in [0.5, 0.6) is 0 Å². The highest BCUT2D eigenvalue weighted by atomic mass is 79.9. The highest BCUT2D eigenvalue weighted by Crippen LogP contribution is 2.19. The number of nitrogens with one attached hydrogen (secondary N) is 1. The summed E-state index contributed by atoms with van der Waals surface area (Å²) in [6, 6.07) is 27.3. The fraction of sp³-hybridized carbons (Fsp3) is 0.310. The summed E-state index contributed by atoms with van der Waals surface area (Å²) in [7, 11) is 0. The molecule has 0 aliphatic heterocycles. The van der Waals surface area contributed by atoms with E-state index in [9.17, 15) is 9.59 Å². The molecule has 4 nitrogen and oxygen atoms in total. The number of carbonyl (C=O) groups is 2. The lowest BCUT2D eigenvalue weighted by atomic mass is 10.0. The van der Waals surface area contributed by atoms with E-state index in [-0.39, 0.29) is 17.9 Å². The van der Waals surface area contributed by atoms with Gasteiger partial charge in [0.25, 0.3) is 0 Å². The minimum absolute atomic E-state index is 0.0213. The second-order valence-electron chi connectivity index (χ2n) is 8.66. The molecule has 0 radical (unpaired) electrons. The summed E-state index contributed by atoms with van der Waals surface area (Å²) in [5.74, 6) is -0.129. The van der Waals surface area contributed by atoms with Crippen molar-refractivity contribution in [2.45, 2.75) is 58.2 Å². The van der Waals surface area contributed by atoms with E-state index in [0.717, 1.165) is 27.6 Å². The maximum atomic E-state index is 13.6. The number of aryl methyl sites for hydroxylation is 1. The Morgan fingerprint density at radius 3 is 2.03 bits per heavy atom. The van der Waals surface area contributed by atoms with Crippen molar-refractivity contribution in [2.75, 3.05) is 0 Å². The molecule has 0 unspecified atom stereocenters. The lowest BCUT2D eigenvalue weighted by Crippen LogP contribution is -2.52. The van der Waals surface area contributed by atoms with E-state index >= 15 is 0 Å². The fourth-order valence-electron chi connectivity index (χ4n) is 3.82. The molecular weight excluding hydrogens is 488 g/mol. The number of nitrogens with zero attached hydrogens (tertiary/aromatic N) is 1. The van der Waals surface area contributed by atoms with Crippen molar-refractivity contribution in [1.82, 2.24) is 10.2 Å². The molecule has 3 aromatic rings. The van der Waals surface area contributed by atoms with Crippen LogP contribution in [0.3, 0.4) is 0 Å². The molecular formula is C29H33BrN2O2. The number of benzene rings is 3. The van der Waals surface area contributed by atoms with Crippen LogP contribution in [0.25, 0.3) is 0 Å². The summed E-state index contributed by atoms with van der Waals surface area (Å²) in [5.41, 5.74) is 3.14. The van der Waals surface area contributed by atoms with E-state index in [4.69, 9.17) is 0 Å². The zero-order valence-electron chi connectivity index (χ0n) is 19.9. The molecule has 0 fully saturated rings. The Hall–Kier alpha value is -2.92. The Balaban J connectivity index is 1.90. The molecule has 1 N–H and O–H groups in total. The molecule has 3 aromatic carbocycles. The van der Waals surface area contributed by atoms with Gasteiger partial charge in [-0.25, -0.2) is 0 Å². The number of carbonyl (C=O) groups excluding carboxylic acids is 2. The fourth-order valence-corrected chi connectivity index (χ4v) is 4.09. The van der Waals surface area contributed by atoms with Gasteiger partial charge in [0.1, 0.15) is 6.04 Å². The van der Waals surface area contributed by atoms with Gasteiger partial charge >= 0.3 is 0 Å². The second-order valence-corrected chi connectivity index (χ2v) is 9.57. The van der Waals surface area contributed by atoms with Gasteiger partial charge in [0.2, 0.25) is 11.8 Å². The molecule has 0 aromatic heterocycles.